The van der Waals surface area contributed by atoms with Gasteiger partial charge in [0.25, 0.3) is 0 Å². The third-order valence-electron chi connectivity index (χ3n) is 5.69. The molecule has 0 aromatic carbocycles. The number of aliphatic hydroxyl groups is 1. The first-order chi connectivity index (χ1) is 14.2. The lowest BCUT2D eigenvalue weighted by molar-refractivity contribution is 0.0280. The van der Waals surface area contributed by atoms with Gasteiger partial charge in [0.2, 0.25) is 12.2 Å². The van der Waals surface area contributed by atoms with Crippen molar-refractivity contribution in [2.45, 2.75) is 19.6 Å². The fraction of sp³-hybridized carbons (Fsp3) is 0.364. The van der Waals surface area contributed by atoms with Crippen LogP contribution in [0.25, 0.3) is 17.3 Å². The van der Waals surface area contributed by atoms with Crippen LogP contribution >= 0.6 is 0 Å². The van der Waals surface area contributed by atoms with Crippen molar-refractivity contribution in [3.05, 3.63) is 54.0 Å². The van der Waals surface area contributed by atoms with Crippen LogP contribution in [0.1, 0.15) is 24.6 Å². The van der Waals surface area contributed by atoms with Gasteiger partial charge in [-0.15, -0.1) is 0 Å². The number of pyridine rings is 2. The highest BCUT2D eigenvalue weighted by Crippen LogP contribution is 2.33. The number of imidazole rings is 1. The quantitative estimate of drug-likeness (QED) is 0.740. The van der Waals surface area contributed by atoms with E-state index in [1.165, 1.54) is 0 Å². The Bertz CT molecular complexity index is 1030. The summed E-state index contributed by atoms with van der Waals surface area (Å²) in [6.45, 7) is 7.37. The van der Waals surface area contributed by atoms with E-state index in [2.05, 4.69) is 21.7 Å². The van der Waals surface area contributed by atoms with E-state index in [0.29, 0.717) is 17.1 Å². The molecule has 29 heavy (non-hydrogen) atoms. The van der Waals surface area contributed by atoms with Crippen molar-refractivity contribution >= 4 is 23.1 Å². The van der Waals surface area contributed by atoms with Crippen molar-refractivity contribution in [3.8, 4) is 5.88 Å². The summed E-state index contributed by atoms with van der Waals surface area (Å²) >= 11 is 0. The molecule has 0 amide bonds. The number of nitrogens with zero attached hydrogens (tertiary/aromatic N) is 5. The molecule has 0 radical (unpaired) electrons. The Morgan fingerprint density at radius 1 is 1.10 bits per heavy atom. The molecule has 1 saturated heterocycles. The van der Waals surface area contributed by atoms with Crippen molar-refractivity contribution in [1.29, 1.82) is 0 Å². The summed E-state index contributed by atoms with van der Waals surface area (Å²) in [4.78, 5) is 14.1. The summed E-state index contributed by atoms with van der Waals surface area (Å²) in [7, 11) is 0. The van der Waals surface area contributed by atoms with Crippen molar-refractivity contribution in [2.75, 3.05) is 37.6 Å². The second-order valence-corrected chi connectivity index (χ2v) is 7.50. The van der Waals surface area contributed by atoms with E-state index < -0.39 is 6.29 Å². The Hall–Kier alpha value is -2.90. The monoisotopic (exact) mass is 391 g/mol. The van der Waals surface area contributed by atoms with Gasteiger partial charge in [0.05, 0.1) is 5.69 Å². The van der Waals surface area contributed by atoms with Crippen LogP contribution < -0.4 is 9.64 Å². The Morgan fingerprint density at radius 2 is 2.03 bits per heavy atom. The Kier molecular flexibility index (Phi) is 4.69. The second kappa shape index (κ2) is 7.50. The molecule has 0 saturated carbocycles. The van der Waals surface area contributed by atoms with Gasteiger partial charge in [-0.2, -0.15) is 4.98 Å². The molecule has 0 spiro atoms. The Balaban J connectivity index is 1.43. The zero-order valence-corrected chi connectivity index (χ0v) is 16.5. The second-order valence-electron chi connectivity index (χ2n) is 7.50. The first-order valence-electron chi connectivity index (χ1n) is 10.2. The molecular weight excluding hydrogens is 366 g/mol. The van der Waals surface area contributed by atoms with E-state index in [0.717, 1.165) is 56.2 Å². The molecule has 7 nitrogen and oxygen atoms in total. The highest BCUT2D eigenvalue weighted by Gasteiger charge is 2.26. The number of anilines is 1. The van der Waals surface area contributed by atoms with Crippen LogP contribution in [0.4, 0.5) is 5.82 Å². The third-order valence-corrected chi connectivity index (χ3v) is 5.69. The van der Waals surface area contributed by atoms with Crippen LogP contribution in [0.5, 0.6) is 5.88 Å². The Labute approximate surface area is 169 Å². The van der Waals surface area contributed by atoms with Gasteiger partial charge in [0, 0.05) is 43.2 Å². The summed E-state index contributed by atoms with van der Waals surface area (Å²) < 4.78 is 7.72. The number of rotatable bonds is 3. The maximum atomic E-state index is 10.6. The minimum Gasteiger partial charge on any atom is -0.443 e. The topological polar surface area (TPSA) is 66.1 Å². The first kappa shape index (κ1) is 18.1. The molecule has 0 bridgehead atoms. The van der Waals surface area contributed by atoms with Gasteiger partial charge in [-0.3, -0.25) is 0 Å². The van der Waals surface area contributed by atoms with E-state index in [4.69, 9.17) is 9.72 Å². The molecule has 1 fully saturated rings. The van der Waals surface area contributed by atoms with E-state index >= 15 is 0 Å². The highest BCUT2D eigenvalue weighted by molar-refractivity contribution is 5.85. The number of aliphatic hydroxyl groups excluding tert-OH is 1. The van der Waals surface area contributed by atoms with Gasteiger partial charge in [-0.25, -0.2) is 4.98 Å². The number of aromatic nitrogens is 3. The van der Waals surface area contributed by atoms with Gasteiger partial charge in [-0.1, -0.05) is 13.0 Å². The highest BCUT2D eigenvalue weighted by atomic mass is 16.6. The molecule has 150 valence electrons. The molecule has 1 atom stereocenters. The van der Waals surface area contributed by atoms with Gasteiger partial charge in [-0.05, 0) is 49.9 Å². The van der Waals surface area contributed by atoms with Crippen molar-refractivity contribution < 1.29 is 9.84 Å². The Morgan fingerprint density at radius 3 is 2.90 bits per heavy atom. The molecule has 3 aromatic rings. The SMILES string of the molecule is CCN1CCCN(c2ccc3c(n2)OC(O)C(c2cn4ccccc4n2)=C3)CC1. The molecular formula is C22H25N5O2. The van der Waals surface area contributed by atoms with Crippen LogP contribution in [-0.2, 0) is 0 Å². The molecule has 7 heteroatoms. The molecule has 5 rings (SSSR count). The van der Waals surface area contributed by atoms with E-state index in [-0.39, 0.29) is 0 Å². The molecule has 1 unspecified atom stereocenters. The molecule has 2 aliphatic heterocycles. The number of hydrogen-bond acceptors (Lipinski definition) is 6. The van der Waals surface area contributed by atoms with Crippen LogP contribution in [0.3, 0.4) is 0 Å². The largest absolute Gasteiger partial charge is 0.443 e. The summed E-state index contributed by atoms with van der Waals surface area (Å²) in [5.41, 5.74) is 3.03. The average molecular weight is 391 g/mol. The number of fused-ring (bicyclic) bond motifs is 2. The van der Waals surface area contributed by atoms with Crippen molar-refractivity contribution in [3.63, 3.8) is 0 Å². The van der Waals surface area contributed by atoms with E-state index in [9.17, 15) is 5.11 Å². The molecule has 1 N–H and O–H groups in total. The normalized spacial score (nSPS) is 20.1. The zero-order valence-electron chi connectivity index (χ0n) is 16.5. The zero-order chi connectivity index (χ0) is 19.8. The summed E-state index contributed by atoms with van der Waals surface area (Å²) in [5, 5.41) is 10.6. The smallest absolute Gasteiger partial charge is 0.228 e. The van der Waals surface area contributed by atoms with Crippen LogP contribution in [0.15, 0.2) is 42.7 Å². The molecule has 2 aliphatic rings. The van der Waals surface area contributed by atoms with E-state index in [1.54, 1.807) is 0 Å². The lowest BCUT2D eigenvalue weighted by Crippen LogP contribution is -2.31. The predicted octanol–water partition coefficient (Wildman–Crippen LogP) is 2.51. The van der Waals surface area contributed by atoms with Gasteiger partial charge < -0.3 is 24.0 Å². The lowest BCUT2D eigenvalue weighted by Gasteiger charge is -2.25. The first-order valence-corrected chi connectivity index (χ1v) is 10.2. The van der Waals surface area contributed by atoms with Gasteiger partial charge >= 0.3 is 0 Å². The summed E-state index contributed by atoms with van der Waals surface area (Å²) in [6.07, 6.45) is 5.79. The fourth-order valence-corrected chi connectivity index (χ4v) is 4.02. The standard InChI is InChI=1S/C22H25N5O2/c1-2-25-9-5-11-26(13-12-25)20-8-7-16-14-17(22(28)29-21(16)24-20)18-15-27-10-4-3-6-19(27)23-18/h3-4,6-8,10,14-15,22,28H,2,5,9,11-13H2,1H3. The fourth-order valence-electron chi connectivity index (χ4n) is 4.02. The summed E-state index contributed by atoms with van der Waals surface area (Å²) in [5.74, 6) is 1.37. The molecule has 0 aliphatic carbocycles. The van der Waals surface area contributed by atoms with Crippen LogP contribution in [0, 0.1) is 0 Å². The predicted molar refractivity (Wildman–Crippen MR) is 113 cm³/mol. The average Bonchev–Trinajstić information content (AvgIpc) is 3.02. The maximum absolute atomic E-state index is 10.6. The number of likely N-dealkylation sites (N-methyl/N-ethyl adjacent to an activating group) is 1. The summed E-state index contributed by atoms with van der Waals surface area (Å²) in [6, 6.07) is 9.88. The minimum absolute atomic E-state index is 0.471. The van der Waals surface area contributed by atoms with Gasteiger partial charge in [0.15, 0.2) is 0 Å². The van der Waals surface area contributed by atoms with Crippen molar-refractivity contribution in [1.82, 2.24) is 19.3 Å². The number of hydrogen-bond donors (Lipinski definition) is 1. The third kappa shape index (κ3) is 3.47. The molecule has 3 aromatic heterocycles. The van der Waals surface area contributed by atoms with Gasteiger partial charge in [0.1, 0.15) is 11.5 Å². The minimum atomic E-state index is -1.09. The lowest BCUT2D eigenvalue weighted by atomic mass is 10.1. The van der Waals surface area contributed by atoms with Crippen molar-refractivity contribution in [2.24, 2.45) is 0 Å². The number of ether oxygens (including phenoxy) is 1. The van der Waals surface area contributed by atoms with Crippen LogP contribution in [0.2, 0.25) is 0 Å². The van der Waals surface area contributed by atoms with Crippen LogP contribution in [-0.4, -0.2) is 63.4 Å². The maximum Gasteiger partial charge on any atom is 0.228 e. The van der Waals surface area contributed by atoms with E-state index in [1.807, 2.05) is 53.2 Å². The molecule has 5 heterocycles.